The van der Waals surface area contributed by atoms with Crippen LogP contribution in [0.2, 0.25) is 0 Å². The van der Waals surface area contributed by atoms with E-state index < -0.39 is 7.12 Å². The summed E-state index contributed by atoms with van der Waals surface area (Å²) in [6, 6.07) is 6.60. The molecule has 0 saturated heterocycles. The Morgan fingerprint density at radius 3 is 2.36 bits per heavy atom. The molecule has 0 bridgehead atoms. The Kier molecular flexibility index (Phi) is 3.74. The van der Waals surface area contributed by atoms with E-state index in [-0.39, 0.29) is 0 Å². The van der Waals surface area contributed by atoms with Gasteiger partial charge in [-0.25, -0.2) is 0 Å². The molecule has 0 heterocycles. The van der Waals surface area contributed by atoms with Crippen molar-refractivity contribution in [3.63, 3.8) is 0 Å². The fourth-order valence-corrected chi connectivity index (χ4v) is 0.943. The van der Waals surface area contributed by atoms with Gasteiger partial charge in [0.1, 0.15) is 12.4 Å². The van der Waals surface area contributed by atoms with E-state index >= 15 is 0 Å². The Morgan fingerprint density at radius 1 is 1.36 bits per heavy atom. The Labute approximate surface area is 83.8 Å². The average Bonchev–Trinajstić information content (AvgIpc) is 2.15. The zero-order valence-corrected chi connectivity index (χ0v) is 8.10. The lowest BCUT2D eigenvalue weighted by molar-refractivity contribution is 0.352. The highest BCUT2D eigenvalue weighted by Gasteiger charge is 2.09. The molecule has 0 spiro atoms. The summed E-state index contributed by atoms with van der Waals surface area (Å²) in [6.45, 7) is 6.07. The van der Waals surface area contributed by atoms with Crippen molar-refractivity contribution in [2.45, 2.75) is 6.92 Å². The van der Waals surface area contributed by atoms with Gasteiger partial charge in [0.2, 0.25) is 0 Å². The van der Waals surface area contributed by atoms with Gasteiger partial charge >= 0.3 is 7.12 Å². The van der Waals surface area contributed by atoms with E-state index in [2.05, 4.69) is 6.58 Å². The smallest absolute Gasteiger partial charge is 0.488 e. The molecule has 0 radical (unpaired) electrons. The number of benzene rings is 1. The molecule has 0 saturated carbocycles. The van der Waals surface area contributed by atoms with E-state index in [1.807, 2.05) is 6.92 Å². The molecule has 0 amide bonds. The topological polar surface area (TPSA) is 49.7 Å². The zero-order chi connectivity index (χ0) is 10.6. The number of ether oxygens (including phenoxy) is 1. The first-order valence-corrected chi connectivity index (χ1v) is 4.33. The van der Waals surface area contributed by atoms with Crippen LogP contribution in [0.15, 0.2) is 36.4 Å². The molecule has 0 atom stereocenters. The molecule has 0 fully saturated rings. The Hall–Kier alpha value is -1.26. The van der Waals surface area contributed by atoms with Gasteiger partial charge in [-0.3, -0.25) is 0 Å². The van der Waals surface area contributed by atoms with Crippen LogP contribution < -0.4 is 10.2 Å². The molecule has 74 valence electrons. The Balaban J connectivity index is 2.59. The summed E-state index contributed by atoms with van der Waals surface area (Å²) in [5.74, 6) is 0.692. The molecule has 0 unspecified atom stereocenters. The molecule has 0 aliphatic heterocycles. The molecule has 1 rings (SSSR count). The van der Waals surface area contributed by atoms with Gasteiger partial charge in [0.25, 0.3) is 0 Å². The summed E-state index contributed by atoms with van der Waals surface area (Å²) < 4.78 is 5.34. The predicted octanol–water partition coefficient (Wildman–Crippen LogP) is 0.321. The van der Waals surface area contributed by atoms with Crippen molar-refractivity contribution in [1.82, 2.24) is 0 Å². The van der Waals surface area contributed by atoms with Crippen LogP contribution in [0.25, 0.3) is 0 Å². The first-order chi connectivity index (χ1) is 6.59. The van der Waals surface area contributed by atoms with Crippen LogP contribution >= 0.6 is 0 Å². The summed E-state index contributed by atoms with van der Waals surface area (Å²) in [7, 11) is -1.43. The summed E-state index contributed by atoms with van der Waals surface area (Å²) in [5.41, 5.74) is 1.39. The largest absolute Gasteiger partial charge is 0.489 e. The lowest BCUT2D eigenvalue weighted by Gasteiger charge is -2.06. The lowest BCUT2D eigenvalue weighted by Crippen LogP contribution is -2.29. The highest BCUT2D eigenvalue weighted by atomic mass is 16.5. The van der Waals surface area contributed by atoms with E-state index in [0.29, 0.717) is 17.8 Å². The first-order valence-electron chi connectivity index (χ1n) is 4.33. The summed E-state index contributed by atoms with van der Waals surface area (Å²) in [6.07, 6.45) is 0. The second kappa shape index (κ2) is 4.84. The fourth-order valence-electron chi connectivity index (χ4n) is 0.943. The van der Waals surface area contributed by atoms with Gasteiger partial charge in [0.05, 0.1) is 0 Å². The first kappa shape index (κ1) is 10.8. The molecule has 1 aromatic carbocycles. The van der Waals surface area contributed by atoms with Crippen molar-refractivity contribution in [2.24, 2.45) is 0 Å². The third kappa shape index (κ3) is 3.24. The summed E-state index contributed by atoms with van der Waals surface area (Å²) >= 11 is 0. The van der Waals surface area contributed by atoms with Gasteiger partial charge in [-0.1, -0.05) is 18.7 Å². The van der Waals surface area contributed by atoms with Gasteiger partial charge in [-0.2, -0.15) is 0 Å². The Bertz CT molecular complexity index is 306. The van der Waals surface area contributed by atoms with Crippen LogP contribution in [0, 0.1) is 0 Å². The molecule has 3 nitrogen and oxygen atoms in total. The second-order valence-electron chi connectivity index (χ2n) is 3.19. The molecule has 0 aromatic heterocycles. The average molecular weight is 192 g/mol. The maximum atomic E-state index is 8.83. The second-order valence-corrected chi connectivity index (χ2v) is 3.19. The molecular formula is C10H13BO3. The zero-order valence-electron chi connectivity index (χ0n) is 8.10. The summed E-state index contributed by atoms with van der Waals surface area (Å²) in [4.78, 5) is 0. The maximum Gasteiger partial charge on any atom is 0.488 e. The summed E-state index contributed by atoms with van der Waals surface area (Å²) in [5, 5.41) is 17.7. The quantitative estimate of drug-likeness (QED) is 0.533. The lowest BCUT2D eigenvalue weighted by atomic mass is 9.80. The van der Waals surface area contributed by atoms with Crippen LogP contribution in [0.5, 0.6) is 5.75 Å². The number of hydrogen-bond donors (Lipinski definition) is 2. The van der Waals surface area contributed by atoms with E-state index in [1.54, 1.807) is 24.3 Å². The molecular weight excluding hydrogens is 179 g/mol. The van der Waals surface area contributed by atoms with E-state index in [9.17, 15) is 0 Å². The van der Waals surface area contributed by atoms with Crippen LogP contribution in [-0.2, 0) is 0 Å². The van der Waals surface area contributed by atoms with Crippen molar-refractivity contribution in [1.29, 1.82) is 0 Å². The van der Waals surface area contributed by atoms with Gasteiger partial charge in [0.15, 0.2) is 0 Å². The molecule has 14 heavy (non-hydrogen) atoms. The van der Waals surface area contributed by atoms with Crippen LogP contribution in [0.3, 0.4) is 0 Å². The predicted molar refractivity (Wildman–Crippen MR) is 56.6 cm³/mol. The molecule has 4 heteroatoms. The van der Waals surface area contributed by atoms with Crippen LogP contribution in [0.4, 0.5) is 0 Å². The van der Waals surface area contributed by atoms with Crippen molar-refractivity contribution in [2.75, 3.05) is 6.61 Å². The fraction of sp³-hybridized carbons (Fsp3) is 0.200. The minimum atomic E-state index is -1.43. The highest BCUT2D eigenvalue weighted by molar-refractivity contribution is 6.58. The third-order valence-corrected chi connectivity index (χ3v) is 1.66. The monoisotopic (exact) mass is 192 g/mol. The minimum absolute atomic E-state index is 0.452. The van der Waals surface area contributed by atoms with Gasteiger partial charge in [-0.15, -0.1) is 0 Å². The van der Waals surface area contributed by atoms with Crippen LogP contribution in [0.1, 0.15) is 6.92 Å². The van der Waals surface area contributed by atoms with Crippen LogP contribution in [-0.4, -0.2) is 23.8 Å². The number of hydrogen-bond acceptors (Lipinski definition) is 3. The molecule has 0 aliphatic carbocycles. The van der Waals surface area contributed by atoms with E-state index in [1.165, 1.54) is 0 Å². The van der Waals surface area contributed by atoms with Crippen molar-refractivity contribution >= 4 is 12.6 Å². The standard InChI is InChI=1S/C10H13BO3/c1-8(2)7-14-10-5-3-9(4-6-10)11(12)13/h3-6,12-13H,1,7H2,2H3. The van der Waals surface area contributed by atoms with Crippen molar-refractivity contribution < 1.29 is 14.8 Å². The maximum absolute atomic E-state index is 8.83. The van der Waals surface area contributed by atoms with E-state index in [4.69, 9.17) is 14.8 Å². The van der Waals surface area contributed by atoms with Gasteiger partial charge < -0.3 is 14.8 Å². The van der Waals surface area contributed by atoms with Gasteiger partial charge in [-0.05, 0) is 30.1 Å². The molecule has 1 aromatic rings. The highest BCUT2D eigenvalue weighted by Crippen LogP contribution is 2.08. The molecule has 0 aliphatic rings. The van der Waals surface area contributed by atoms with Crippen molar-refractivity contribution in [3.05, 3.63) is 36.4 Å². The number of rotatable bonds is 4. The Morgan fingerprint density at radius 2 is 1.93 bits per heavy atom. The van der Waals surface area contributed by atoms with E-state index in [0.717, 1.165) is 5.57 Å². The third-order valence-electron chi connectivity index (χ3n) is 1.66. The minimum Gasteiger partial charge on any atom is -0.489 e. The molecule has 2 N–H and O–H groups in total. The van der Waals surface area contributed by atoms with Crippen molar-refractivity contribution in [3.8, 4) is 5.75 Å². The normalized spacial score (nSPS) is 9.64. The van der Waals surface area contributed by atoms with Gasteiger partial charge in [0, 0.05) is 0 Å². The SMILES string of the molecule is C=C(C)COc1ccc(B(O)O)cc1.